The number of nitrogens with zero attached hydrogens (tertiary/aromatic N) is 1. The molecule has 1 aliphatic heterocycles. The number of furan rings is 1. The minimum Gasteiger partial charge on any atom is -0.464 e. The second-order valence-electron chi connectivity index (χ2n) is 5.28. The molecular formula is C12H20N2O4S. The highest BCUT2D eigenvalue weighted by Crippen LogP contribution is 2.27. The normalized spacial score (nSPS) is 20.6. The zero-order valence-corrected chi connectivity index (χ0v) is 12.3. The van der Waals surface area contributed by atoms with Crippen LogP contribution in [-0.4, -0.2) is 38.0 Å². The van der Waals surface area contributed by atoms with E-state index in [9.17, 15) is 8.42 Å². The summed E-state index contributed by atoms with van der Waals surface area (Å²) in [6, 6.07) is 1.51. The molecule has 0 unspecified atom stereocenters. The Hall–Kier alpha value is -0.890. The molecule has 0 bridgehead atoms. The lowest BCUT2D eigenvalue weighted by Gasteiger charge is -2.37. The van der Waals surface area contributed by atoms with Gasteiger partial charge in [0.15, 0.2) is 0 Å². The summed E-state index contributed by atoms with van der Waals surface area (Å²) in [5.41, 5.74) is 5.00. The number of hydrogen-bond acceptors (Lipinski definition) is 5. The van der Waals surface area contributed by atoms with E-state index in [1.165, 1.54) is 10.4 Å². The third kappa shape index (κ3) is 2.84. The van der Waals surface area contributed by atoms with Crippen LogP contribution in [0.1, 0.15) is 25.4 Å². The molecule has 108 valence electrons. The average Bonchev–Trinajstić information content (AvgIpc) is 2.70. The molecule has 7 heteroatoms. The Bertz CT molecular complexity index is 562. The number of sulfonamides is 1. The Morgan fingerprint density at radius 2 is 2.16 bits per heavy atom. The van der Waals surface area contributed by atoms with Crippen LogP contribution in [0, 0.1) is 6.92 Å². The molecule has 2 N–H and O–H groups in total. The van der Waals surface area contributed by atoms with Crippen LogP contribution in [0.4, 0.5) is 0 Å². The molecule has 1 aromatic rings. The molecule has 1 aromatic heterocycles. The second kappa shape index (κ2) is 4.90. The van der Waals surface area contributed by atoms with Crippen molar-refractivity contribution in [3.05, 3.63) is 17.6 Å². The molecule has 2 rings (SSSR count). The number of hydrogen-bond donors (Lipinski definition) is 1. The Morgan fingerprint density at radius 3 is 2.68 bits per heavy atom. The minimum absolute atomic E-state index is 0.185. The fraction of sp³-hybridized carbons (Fsp3) is 0.667. The molecule has 1 saturated heterocycles. The van der Waals surface area contributed by atoms with Crippen LogP contribution in [0.5, 0.6) is 0 Å². The lowest BCUT2D eigenvalue weighted by Crippen LogP contribution is -2.50. The average molecular weight is 288 g/mol. The van der Waals surface area contributed by atoms with Gasteiger partial charge in [0.25, 0.3) is 0 Å². The molecule has 0 amide bonds. The van der Waals surface area contributed by atoms with Crippen LogP contribution in [0.3, 0.4) is 0 Å². The van der Waals surface area contributed by atoms with E-state index < -0.39 is 15.6 Å². The van der Waals surface area contributed by atoms with Crippen LogP contribution >= 0.6 is 0 Å². The number of morpholine rings is 1. The predicted molar refractivity (Wildman–Crippen MR) is 70.1 cm³/mol. The number of nitrogens with two attached hydrogens (primary N) is 1. The molecule has 0 aromatic carbocycles. The molecule has 2 heterocycles. The van der Waals surface area contributed by atoms with Crippen molar-refractivity contribution in [3.63, 3.8) is 0 Å². The van der Waals surface area contributed by atoms with Gasteiger partial charge < -0.3 is 14.9 Å². The second-order valence-corrected chi connectivity index (χ2v) is 7.19. The standard InChI is InChI=1S/C12H20N2O4S/c1-9-11(6-10(7-13)18-9)19(15,16)14-4-5-17-12(2,3)8-14/h6H,4-5,7-8,13H2,1-3H3. The summed E-state index contributed by atoms with van der Waals surface area (Å²) >= 11 is 0. The van der Waals surface area contributed by atoms with Crippen LogP contribution in [0.25, 0.3) is 0 Å². The Labute approximate surface area is 113 Å². The topological polar surface area (TPSA) is 85.8 Å². The number of ether oxygens (including phenoxy) is 1. The van der Waals surface area contributed by atoms with Crippen molar-refractivity contribution in [2.75, 3.05) is 19.7 Å². The smallest absolute Gasteiger partial charge is 0.246 e. The fourth-order valence-electron chi connectivity index (χ4n) is 2.20. The van der Waals surface area contributed by atoms with Crippen molar-refractivity contribution < 1.29 is 17.6 Å². The molecule has 6 nitrogen and oxygen atoms in total. The van der Waals surface area contributed by atoms with Crippen molar-refractivity contribution in [1.82, 2.24) is 4.31 Å². The van der Waals surface area contributed by atoms with Gasteiger partial charge in [0.05, 0.1) is 18.8 Å². The summed E-state index contributed by atoms with van der Waals surface area (Å²) in [7, 11) is -3.55. The largest absolute Gasteiger partial charge is 0.464 e. The van der Waals surface area contributed by atoms with E-state index in [0.717, 1.165) is 0 Å². The van der Waals surface area contributed by atoms with Gasteiger partial charge in [0.1, 0.15) is 16.4 Å². The Morgan fingerprint density at radius 1 is 1.47 bits per heavy atom. The number of rotatable bonds is 3. The van der Waals surface area contributed by atoms with Crippen LogP contribution < -0.4 is 5.73 Å². The van der Waals surface area contributed by atoms with E-state index in [1.54, 1.807) is 6.92 Å². The van der Waals surface area contributed by atoms with E-state index in [2.05, 4.69) is 0 Å². The van der Waals surface area contributed by atoms with Gasteiger partial charge in [0, 0.05) is 19.2 Å². The maximum atomic E-state index is 12.6. The van der Waals surface area contributed by atoms with Crippen molar-refractivity contribution >= 4 is 10.0 Å². The third-order valence-electron chi connectivity index (χ3n) is 3.13. The van der Waals surface area contributed by atoms with Crippen molar-refractivity contribution in [2.45, 2.75) is 37.8 Å². The molecule has 0 radical (unpaired) electrons. The van der Waals surface area contributed by atoms with E-state index >= 15 is 0 Å². The van der Waals surface area contributed by atoms with E-state index in [0.29, 0.717) is 31.2 Å². The van der Waals surface area contributed by atoms with Crippen molar-refractivity contribution in [3.8, 4) is 0 Å². The molecule has 19 heavy (non-hydrogen) atoms. The minimum atomic E-state index is -3.55. The molecule has 0 saturated carbocycles. The molecule has 1 fully saturated rings. The van der Waals surface area contributed by atoms with Gasteiger partial charge in [-0.05, 0) is 20.8 Å². The van der Waals surface area contributed by atoms with Gasteiger partial charge in [0.2, 0.25) is 10.0 Å². The van der Waals surface area contributed by atoms with Crippen LogP contribution in [-0.2, 0) is 21.3 Å². The molecule has 0 aliphatic carbocycles. The summed E-state index contributed by atoms with van der Waals surface area (Å²) in [6.45, 7) is 6.66. The summed E-state index contributed by atoms with van der Waals surface area (Å²) in [5, 5.41) is 0. The highest BCUT2D eigenvalue weighted by atomic mass is 32.2. The summed E-state index contributed by atoms with van der Waals surface area (Å²) < 4.78 is 37.5. The first-order valence-electron chi connectivity index (χ1n) is 6.20. The maximum absolute atomic E-state index is 12.6. The first-order chi connectivity index (χ1) is 8.76. The van der Waals surface area contributed by atoms with Crippen molar-refractivity contribution in [1.29, 1.82) is 0 Å². The highest BCUT2D eigenvalue weighted by Gasteiger charge is 2.36. The van der Waals surface area contributed by atoms with Gasteiger partial charge in [-0.3, -0.25) is 0 Å². The lowest BCUT2D eigenvalue weighted by molar-refractivity contribution is -0.0640. The van der Waals surface area contributed by atoms with E-state index in [-0.39, 0.29) is 11.4 Å². The van der Waals surface area contributed by atoms with Gasteiger partial charge in [-0.2, -0.15) is 4.31 Å². The van der Waals surface area contributed by atoms with Crippen LogP contribution in [0.2, 0.25) is 0 Å². The van der Waals surface area contributed by atoms with Crippen LogP contribution in [0.15, 0.2) is 15.4 Å². The summed E-state index contributed by atoms with van der Waals surface area (Å²) in [5.74, 6) is 0.855. The Kier molecular flexibility index (Phi) is 3.74. The lowest BCUT2D eigenvalue weighted by atomic mass is 10.1. The molecule has 0 atom stereocenters. The molecule has 0 spiro atoms. The third-order valence-corrected chi connectivity index (χ3v) is 5.09. The summed E-state index contributed by atoms with van der Waals surface area (Å²) in [4.78, 5) is 0.200. The fourth-order valence-corrected chi connectivity index (χ4v) is 3.96. The van der Waals surface area contributed by atoms with Gasteiger partial charge in [-0.15, -0.1) is 0 Å². The zero-order valence-electron chi connectivity index (χ0n) is 11.5. The first-order valence-corrected chi connectivity index (χ1v) is 7.64. The zero-order chi connectivity index (χ0) is 14.3. The van der Waals surface area contributed by atoms with E-state index in [1.807, 2.05) is 13.8 Å². The SMILES string of the molecule is Cc1oc(CN)cc1S(=O)(=O)N1CCOC(C)(C)C1. The van der Waals surface area contributed by atoms with Gasteiger partial charge in [-0.1, -0.05) is 0 Å². The van der Waals surface area contributed by atoms with Gasteiger partial charge in [-0.25, -0.2) is 8.42 Å². The Balaban J connectivity index is 2.34. The quantitative estimate of drug-likeness (QED) is 0.891. The van der Waals surface area contributed by atoms with Gasteiger partial charge >= 0.3 is 0 Å². The number of aryl methyl sites for hydroxylation is 1. The molecule has 1 aliphatic rings. The molecular weight excluding hydrogens is 268 g/mol. The van der Waals surface area contributed by atoms with Crippen molar-refractivity contribution in [2.24, 2.45) is 5.73 Å². The summed E-state index contributed by atoms with van der Waals surface area (Å²) in [6.07, 6.45) is 0. The van der Waals surface area contributed by atoms with E-state index in [4.69, 9.17) is 14.9 Å². The highest BCUT2D eigenvalue weighted by molar-refractivity contribution is 7.89. The monoisotopic (exact) mass is 288 g/mol. The maximum Gasteiger partial charge on any atom is 0.246 e. The predicted octanol–water partition coefficient (Wildman–Crippen LogP) is 0.846. The first kappa shape index (κ1) is 14.5.